The van der Waals surface area contributed by atoms with Crippen LogP contribution in [0.2, 0.25) is 0 Å². The van der Waals surface area contributed by atoms with E-state index >= 15 is 0 Å². The molecule has 1 fully saturated rings. The molecule has 3 amide bonds. The van der Waals surface area contributed by atoms with Gasteiger partial charge < -0.3 is 15.1 Å². The van der Waals surface area contributed by atoms with E-state index in [9.17, 15) is 18.8 Å². The number of rotatable bonds is 3. The van der Waals surface area contributed by atoms with Gasteiger partial charge in [0.15, 0.2) is 0 Å². The van der Waals surface area contributed by atoms with Gasteiger partial charge in [-0.3, -0.25) is 14.4 Å². The third-order valence-corrected chi connectivity index (χ3v) is 5.53. The van der Waals surface area contributed by atoms with Crippen LogP contribution >= 0.6 is 0 Å². The zero-order chi connectivity index (χ0) is 20.7. The molecule has 1 atom stereocenters. The lowest BCUT2D eigenvalue weighted by atomic mass is 10.1. The second kappa shape index (κ2) is 7.31. The van der Waals surface area contributed by atoms with Crippen molar-refractivity contribution in [3.63, 3.8) is 0 Å². The molecule has 1 N–H and O–H groups in total. The molecule has 4 rings (SSSR count). The Morgan fingerprint density at radius 1 is 1.17 bits per heavy atom. The largest absolute Gasteiger partial charge is 0.323 e. The van der Waals surface area contributed by atoms with Crippen LogP contribution in [-0.4, -0.2) is 30.8 Å². The Morgan fingerprint density at radius 3 is 2.69 bits per heavy atom. The van der Waals surface area contributed by atoms with Gasteiger partial charge in [0.25, 0.3) is 0 Å². The van der Waals surface area contributed by atoms with Crippen molar-refractivity contribution in [1.82, 2.24) is 0 Å². The Bertz CT molecular complexity index is 1020. The number of anilines is 3. The summed E-state index contributed by atoms with van der Waals surface area (Å²) in [5, 5.41) is 2.59. The van der Waals surface area contributed by atoms with E-state index in [0.29, 0.717) is 6.54 Å². The maximum absolute atomic E-state index is 14.0. The summed E-state index contributed by atoms with van der Waals surface area (Å²) >= 11 is 0. The van der Waals surface area contributed by atoms with Gasteiger partial charge in [0.1, 0.15) is 5.82 Å². The van der Waals surface area contributed by atoms with E-state index in [1.54, 1.807) is 28.9 Å². The summed E-state index contributed by atoms with van der Waals surface area (Å²) in [6.07, 6.45) is 0.817. The summed E-state index contributed by atoms with van der Waals surface area (Å²) in [6.45, 7) is 4.18. The first-order valence-corrected chi connectivity index (χ1v) is 9.62. The Morgan fingerprint density at radius 2 is 1.97 bits per heavy atom. The molecular formula is C22H22FN3O3. The molecule has 2 aromatic carbocycles. The molecule has 29 heavy (non-hydrogen) atoms. The van der Waals surface area contributed by atoms with Crippen molar-refractivity contribution in [2.45, 2.75) is 26.7 Å². The number of carbonyl (C=O) groups is 3. The van der Waals surface area contributed by atoms with Gasteiger partial charge in [0, 0.05) is 37.8 Å². The number of nitrogens with one attached hydrogen (secondary N) is 1. The van der Waals surface area contributed by atoms with E-state index in [1.165, 1.54) is 19.1 Å². The summed E-state index contributed by atoms with van der Waals surface area (Å²) in [6, 6.07) is 10.2. The topological polar surface area (TPSA) is 69.7 Å². The van der Waals surface area contributed by atoms with Crippen molar-refractivity contribution in [2.75, 3.05) is 28.2 Å². The molecule has 6 nitrogen and oxygen atoms in total. The van der Waals surface area contributed by atoms with Gasteiger partial charge in [0.2, 0.25) is 17.7 Å². The van der Waals surface area contributed by atoms with Crippen molar-refractivity contribution in [2.24, 2.45) is 5.92 Å². The van der Waals surface area contributed by atoms with Crippen LogP contribution in [0.5, 0.6) is 0 Å². The Hall–Kier alpha value is -3.22. The second-order valence-electron chi connectivity index (χ2n) is 7.61. The molecule has 2 aliphatic rings. The molecule has 2 aliphatic heterocycles. The minimum atomic E-state index is -0.551. The Balaban J connectivity index is 1.48. The lowest BCUT2D eigenvalue weighted by molar-refractivity contribution is -0.122. The monoisotopic (exact) mass is 395 g/mol. The van der Waals surface area contributed by atoms with Gasteiger partial charge in [-0.2, -0.15) is 0 Å². The van der Waals surface area contributed by atoms with Crippen molar-refractivity contribution in [3.05, 3.63) is 53.3 Å². The van der Waals surface area contributed by atoms with Gasteiger partial charge in [-0.1, -0.05) is 6.07 Å². The molecule has 0 radical (unpaired) electrons. The van der Waals surface area contributed by atoms with Crippen LogP contribution in [0, 0.1) is 18.7 Å². The normalized spacial score (nSPS) is 18.2. The van der Waals surface area contributed by atoms with Gasteiger partial charge >= 0.3 is 0 Å². The van der Waals surface area contributed by atoms with E-state index in [4.69, 9.17) is 0 Å². The molecule has 2 heterocycles. The molecule has 7 heteroatoms. The molecule has 2 aromatic rings. The third-order valence-electron chi connectivity index (χ3n) is 5.53. The number of carbonyl (C=O) groups excluding carboxylic acids is 3. The molecule has 0 bridgehead atoms. The molecule has 0 spiro atoms. The molecule has 1 saturated heterocycles. The minimum Gasteiger partial charge on any atom is -0.323 e. The smallest absolute Gasteiger partial charge is 0.229 e. The Labute approximate surface area is 168 Å². The summed E-state index contributed by atoms with van der Waals surface area (Å²) in [5.41, 5.74) is 3.49. The maximum atomic E-state index is 14.0. The van der Waals surface area contributed by atoms with Gasteiger partial charge in [-0.25, -0.2) is 4.39 Å². The average molecular weight is 395 g/mol. The van der Waals surface area contributed by atoms with Crippen LogP contribution in [0.25, 0.3) is 0 Å². The number of hydrogen-bond acceptors (Lipinski definition) is 3. The predicted octanol–water partition coefficient (Wildman–Crippen LogP) is 3.03. The van der Waals surface area contributed by atoms with Crippen molar-refractivity contribution < 1.29 is 18.8 Å². The van der Waals surface area contributed by atoms with Crippen LogP contribution < -0.4 is 15.1 Å². The van der Waals surface area contributed by atoms with Crippen LogP contribution in [0.15, 0.2) is 36.4 Å². The first-order valence-electron chi connectivity index (χ1n) is 9.62. The van der Waals surface area contributed by atoms with E-state index in [2.05, 4.69) is 5.32 Å². The van der Waals surface area contributed by atoms with Crippen LogP contribution in [0.3, 0.4) is 0 Å². The highest BCUT2D eigenvalue weighted by atomic mass is 19.1. The van der Waals surface area contributed by atoms with E-state index < -0.39 is 11.7 Å². The molecule has 150 valence electrons. The van der Waals surface area contributed by atoms with E-state index in [0.717, 1.165) is 28.9 Å². The summed E-state index contributed by atoms with van der Waals surface area (Å²) in [5.74, 6) is -1.56. The maximum Gasteiger partial charge on any atom is 0.229 e. The number of hydrogen-bond donors (Lipinski definition) is 1. The zero-order valence-corrected chi connectivity index (χ0v) is 16.4. The molecule has 0 saturated carbocycles. The van der Waals surface area contributed by atoms with Crippen LogP contribution in [0.4, 0.5) is 21.5 Å². The SMILES string of the molecule is CC(=O)N1CCc2cc(N3CC(C(=O)Nc4ccc(C)cc4F)CC3=O)ccc21. The fourth-order valence-electron chi connectivity index (χ4n) is 3.97. The summed E-state index contributed by atoms with van der Waals surface area (Å²) in [4.78, 5) is 40.1. The van der Waals surface area contributed by atoms with Gasteiger partial charge in [-0.15, -0.1) is 0 Å². The summed E-state index contributed by atoms with van der Waals surface area (Å²) < 4.78 is 14.0. The highest BCUT2D eigenvalue weighted by molar-refractivity contribution is 6.04. The highest BCUT2D eigenvalue weighted by Gasteiger charge is 2.36. The number of benzene rings is 2. The van der Waals surface area contributed by atoms with Crippen LogP contribution in [0.1, 0.15) is 24.5 Å². The van der Waals surface area contributed by atoms with Crippen molar-refractivity contribution >= 4 is 34.8 Å². The van der Waals surface area contributed by atoms with Crippen molar-refractivity contribution in [1.29, 1.82) is 0 Å². The van der Waals surface area contributed by atoms with Gasteiger partial charge in [-0.05, 0) is 54.8 Å². The first kappa shape index (κ1) is 19.1. The molecule has 0 aliphatic carbocycles. The lowest BCUT2D eigenvalue weighted by Gasteiger charge is -2.19. The van der Waals surface area contributed by atoms with Crippen LogP contribution in [-0.2, 0) is 20.8 Å². The predicted molar refractivity (Wildman–Crippen MR) is 108 cm³/mol. The number of amides is 3. The number of nitrogens with zero attached hydrogens (tertiary/aromatic N) is 2. The molecule has 0 aromatic heterocycles. The standard InChI is InChI=1S/C22H22FN3O3/c1-13-3-5-19(18(23)9-13)24-22(29)16-11-21(28)26(12-16)17-4-6-20-15(10-17)7-8-25(20)14(2)27/h3-6,9-10,16H,7-8,11-12H2,1-2H3,(H,24,29). The molecular weight excluding hydrogens is 373 g/mol. The first-order chi connectivity index (χ1) is 13.8. The van der Waals surface area contributed by atoms with Crippen molar-refractivity contribution in [3.8, 4) is 0 Å². The minimum absolute atomic E-state index is 0.00572. The van der Waals surface area contributed by atoms with Gasteiger partial charge in [0.05, 0.1) is 11.6 Å². The fraction of sp³-hybridized carbons (Fsp3) is 0.318. The fourth-order valence-corrected chi connectivity index (χ4v) is 3.97. The van der Waals surface area contributed by atoms with E-state index in [1.807, 2.05) is 12.1 Å². The highest BCUT2D eigenvalue weighted by Crippen LogP contribution is 2.34. The third kappa shape index (κ3) is 3.60. The molecule has 1 unspecified atom stereocenters. The number of aryl methyl sites for hydroxylation is 1. The quantitative estimate of drug-likeness (QED) is 0.869. The number of halogens is 1. The second-order valence-corrected chi connectivity index (χ2v) is 7.61. The van der Waals surface area contributed by atoms with E-state index in [-0.39, 0.29) is 36.4 Å². The zero-order valence-electron chi connectivity index (χ0n) is 16.4. The average Bonchev–Trinajstić information content (AvgIpc) is 3.27. The Kier molecular flexibility index (Phi) is 4.82. The lowest BCUT2D eigenvalue weighted by Crippen LogP contribution is -2.28. The summed E-state index contributed by atoms with van der Waals surface area (Å²) in [7, 11) is 0. The number of fused-ring (bicyclic) bond motifs is 1.